The molecule has 0 radical (unpaired) electrons. The van der Waals surface area contributed by atoms with Crippen LogP contribution in [0.15, 0.2) is 53.4 Å². The van der Waals surface area contributed by atoms with Crippen molar-refractivity contribution in [1.82, 2.24) is 5.32 Å². The van der Waals surface area contributed by atoms with Gasteiger partial charge in [-0.3, -0.25) is 14.4 Å². The molecule has 0 saturated carbocycles. The maximum absolute atomic E-state index is 12.1. The van der Waals surface area contributed by atoms with Gasteiger partial charge in [0.25, 0.3) is 5.91 Å². The lowest BCUT2D eigenvalue weighted by Gasteiger charge is -2.23. The number of amides is 2. The van der Waals surface area contributed by atoms with Crippen molar-refractivity contribution in [3.05, 3.63) is 59.1 Å². The number of nitrogens with one attached hydrogen (secondary N) is 2. The van der Waals surface area contributed by atoms with E-state index in [4.69, 9.17) is 16.3 Å². The minimum Gasteiger partial charge on any atom is -0.456 e. The Bertz CT molecular complexity index is 874. The number of anilines is 1. The van der Waals surface area contributed by atoms with E-state index in [0.717, 1.165) is 16.1 Å². The third kappa shape index (κ3) is 5.48. The van der Waals surface area contributed by atoms with E-state index in [1.807, 2.05) is 24.3 Å². The number of benzene rings is 2. The fourth-order valence-corrected chi connectivity index (χ4v) is 3.79. The quantitative estimate of drug-likeness (QED) is 0.723. The van der Waals surface area contributed by atoms with Crippen LogP contribution in [0.5, 0.6) is 0 Å². The summed E-state index contributed by atoms with van der Waals surface area (Å²) in [5, 5.41) is 5.41. The molecule has 1 atom stereocenters. The van der Waals surface area contributed by atoms with Crippen LogP contribution in [0.3, 0.4) is 0 Å². The van der Waals surface area contributed by atoms with E-state index in [1.165, 1.54) is 11.8 Å². The fourth-order valence-electron chi connectivity index (χ4n) is 2.48. The van der Waals surface area contributed by atoms with Crippen molar-refractivity contribution in [2.45, 2.75) is 23.1 Å². The van der Waals surface area contributed by atoms with Gasteiger partial charge in [-0.15, -0.1) is 11.8 Å². The monoisotopic (exact) mass is 404 g/mol. The predicted octanol–water partition coefficient (Wildman–Crippen LogP) is 3.00. The van der Waals surface area contributed by atoms with Gasteiger partial charge in [0, 0.05) is 16.5 Å². The number of para-hydroxylation sites is 1. The SMILES string of the molecule is O=C(COC(=O)C[C@H]1Sc2ccccc2NC1=O)NCc1cccc(Cl)c1. The first-order valence-corrected chi connectivity index (χ1v) is 9.50. The number of hydrogen-bond acceptors (Lipinski definition) is 5. The molecular formula is C19H17ClN2O4S. The van der Waals surface area contributed by atoms with Gasteiger partial charge in [0.05, 0.1) is 17.4 Å². The summed E-state index contributed by atoms with van der Waals surface area (Å²) in [7, 11) is 0. The van der Waals surface area contributed by atoms with Gasteiger partial charge in [0.15, 0.2) is 6.61 Å². The van der Waals surface area contributed by atoms with Crippen molar-refractivity contribution in [3.8, 4) is 0 Å². The molecule has 6 nitrogen and oxygen atoms in total. The molecule has 0 unspecified atom stereocenters. The van der Waals surface area contributed by atoms with Gasteiger partial charge >= 0.3 is 5.97 Å². The van der Waals surface area contributed by atoms with Gasteiger partial charge in [0.2, 0.25) is 5.91 Å². The summed E-state index contributed by atoms with van der Waals surface area (Å²) in [4.78, 5) is 36.8. The van der Waals surface area contributed by atoms with Crippen molar-refractivity contribution in [2.24, 2.45) is 0 Å². The Morgan fingerprint density at radius 1 is 1.19 bits per heavy atom. The number of fused-ring (bicyclic) bond motifs is 1. The number of esters is 1. The second-order valence-corrected chi connectivity index (χ2v) is 7.54. The highest BCUT2D eigenvalue weighted by atomic mass is 35.5. The van der Waals surface area contributed by atoms with Crippen LogP contribution in [-0.4, -0.2) is 29.6 Å². The maximum Gasteiger partial charge on any atom is 0.307 e. The van der Waals surface area contributed by atoms with Gasteiger partial charge < -0.3 is 15.4 Å². The highest BCUT2D eigenvalue weighted by Gasteiger charge is 2.29. The molecule has 0 bridgehead atoms. The van der Waals surface area contributed by atoms with Gasteiger partial charge in [0.1, 0.15) is 0 Å². The Morgan fingerprint density at radius 2 is 2.00 bits per heavy atom. The third-order valence-corrected chi connectivity index (χ3v) is 5.31. The number of rotatable bonds is 6. The van der Waals surface area contributed by atoms with E-state index in [9.17, 15) is 14.4 Å². The minimum atomic E-state index is -0.597. The summed E-state index contributed by atoms with van der Waals surface area (Å²) in [6.07, 6.45) is -0.105. The van der Waals surface area contributed by atoms with Crippen LogP contribution in [0.1, 0.15) is 12.0 Å². The number of carbonyl (C=O) groups is 3. The second-order valence-electron chi connectivity index (χ2n) is 5.86. The minimum absolute atomic E-state index is 0.105. The highest BCUT2D eigenvalue weighted by Crippen LogP contribution is 2.36. The molecule has 2 aromatic rings. The van der Waals surface area contributed by atoms with E-state index >= 15 is 0 Å². The lowest BCUT2D eigenvalue weighted by Crippen LogP contribution is -2.33. The topological polar surface area (TPSA) is 84.5 Å². The van der Waals surface area contributed by atoms with E-state index < -0.39 is 23.7 Å². The Balaban J connectivity index is 1.43. The zero-order valence-corrected chi connectivity index (χ0v) is 15.8. The molecule has 1 aliphatic heterocycles. The van der Waals surface area contributed by atoms with Crippen molar-refractivity contribution >= 4 is 46.8 Å². The van der Waals surface area contributed by atoms with Crippen LogP contribution < -0.4 is 10.6 Å². The van der Waals surface area contributed by atoms with Crippen molar-refractivity contribution < 1.29 is 19.1 Å². The molecule has 140 valence electrons. The van der Waals surface area contributed by atoms with Crippen molar-refractivity contribution in [1.29, 1.82) is 0 Å². The lowest BCUT2D eigenvalue weighted by atomic mass is 10.2. The summed E-state index contributed by atoms with van der Waals surface area (Å²) >= 11 is 7.19. The Hall–Kier alpha value is -2.51. The number of ether oxygens (including phenoxy) is 1. The summed E-state index contributed by atoms with van der Waals surface area (Å²) in [5.74, 6) is -1.27. The van der Waals surface area contributed by atoms with E-state index in [0.29, 0.717) is 5.02 Å². The average Bonchev–Trinajstić information content (AvgIpc) is 2.65. The molecule has 8 heteroatoms. The first-order valence-electron chi connectivity index (χ1n) is 8.24. The van der Waals surface area contributed by atoms with E-state index in [2.05, 4.69) is 10.6 Å². The summed E-state index contributed by atoms with van der Waals surface area (Å²) in [6.45, 7) is -0.108. The predicted molar refractivity (Wildman–Crippen MR) is 104 cm³/mol. The Labute approximate surface area is 165 Å². The van der Waals surface area contributed by atoms with Crippen molar-refractivity contribution in [3.63, 3.8) is 0 Å². The second kappa shape index (κ2) is 8.92. The first-order chi connectivity index (χ1) is 13.0. The van der Waals surface area contributed by atoms with E-state index in [1.54, 1.807) is 24.3 Å². The largest absolute Gasteiger partial charge is 0.456 e. The number of halogens is 1. The number of carbonyl (C=O) groups excluding carboxylic acids is 3. The maximum atomic E-state index is 12.1. The zero-order chi connectivity index (χ0) is 19.2. The van der Waals surface area contributed by atoms with Gasteiger partial charge in [-0.05, 0) is 29.8 Å². The van der Waals surface area contributed by atoms with Gasteiger partial charge in [-0.1, -0.05) is 35.9 Å². The molecular weight excluding hydrogens is 388 g/mol. The van der Waals surface area contributed by atoms with Crippen LogP contribution >= 0.6 is 23.4 Å². The Morgan fingerprint density at radius 3 is 2.81 bits per heavy atom. The number of hydrogen-bond donors (Lipinski definition) is 2. The molecule has 0 spiro atoms. The Kier molecular flexibility index (Phi) is 6.36. The van der Waals surface area contributed by atoms with Crippen LogP contribution in [0.25, 0.3) is 0 Å². The van der Waals surface area contributed by atoms with Crippen LogP contribution in [0.4, 0.5) is 5.69 Å². The summed E-state index contributed by atoms with van der Waals surface area (Å²) in [5.41, 5.74) is 1.58. The molecule has 0 saturated heterocycles. The molecule has 0 aliphatic carbocycles. The molecule has 2 N–H and O–H groups in total. The fraction of sp³-hybridized carbons (Fsp3) is 0.211. The summed E-state index contributed by atoms with van der Waals surface area (Å²) < 4.78 is 4.98. The van der Waals surface area contributed by atoms with Crippen molar-refractivity contribution in [2.75, 3.05) is 11.9 Å². The molecule has 1 aliphatic rings. The molecule has 27 heavy (non-hydrogen) atoms. The zero-order valence-electron chi connectivity index (χ0n) is 14.2. The standard InChI is InChI=1S/C19H17ClN2O4S/c20-13-5-3-4-12(8-13)10-21-17(23)11-26-18(24)9-16-19(25)22-14-6-1-2-7-15(14)27-16/h1-8,16H,9-11H2,(H,21,23)(H,22,25)/t16-/m1/s1. The van der Waals surface area contributed by atoms with Gasteiger partial charge in [-0.25, -0.2) is 0 Å². The molecule has 3 rings (SSSR count). The smallest absolute Gasteiger partial charge is 0.307 e. The van der Waals surface area contributed by atoms with E-state index in [-0.39, 0.29) is 18.9 Å². The average molecular weight is 405 g/mol. The summed E-state index contributed by atoms with van der Waals surface area (Å²) in [6, 6.07) is 14.5. The third-order valence-electron chi connectivity index (χ3n) is 3.80. The van der Waals surface area contributed by atoms with Gasteiger partial charge in [-0.2, -0.15) is 0 Å². The molecule has 0 fully saturated rings. The lowest BCUT2D eigenvalue weighted by molar-refractivity contribution is -0.149. The number of thioether (sulfide) groups is 1. The molecule has 2 aromatic carbocycles. The molecule has 1 heterocycles. The first kappa shape index (κ1) is 19.3. The normalized spacial score (nSPS) is 15.4. The van der Waals surface area contributed by atoms with Crippen LogP contribution in [0, 0.1) is 0 Å². The molecule has 0 aromatic heterocycles. The van der Waals surface area contributed by atoms with Crippen LogP contribution in [-0.2, 0) is 25.7 Å². The van der Waals surface area contributed by atoms with Crippen LogP contribution in [0.2, 0.25) is 5.02 Å². The molecule has 2 amide bonds. The highest BCUT2D eigenvalue weighted by molar-refractivity contribution is 8.01.